The van der Waals surface area contributed by atoms with Crippen LogP contribution in [0.15, 0.2) is 12.2 Å². The molecule has 4 heterocycles. The normalized spacial score (nSPS) is 51.5. The molecule has 24 nitrogen and oxygen atoms in total. The smallest absolute Gasteiger partial charge is 0.330 e. The Kier molecular flexibility index (Phi) is 18.7. The van der Waals surface area contributed by atoms with E-state index in [9.17, 15) is 71.2 Å². The van der Waals surface area contributed by atoms with Crippen LogP contribution < -0.4 is 0 Å². The molecule has 0 aromatic rings. The molecule has 11 unspecified atom stereocenters. The van der Waals surface area contributed by atoms with Gasteiger partial charge in [-0.15, -0.1) is 0 Å². The molecule has 0 amide bonds. The van der Waals surface area contributed by atoms with Gasteiger partial charge in [-0.3, -0.25) is 0 Å². The maximum atomic E-state index is 12.7. The predicted octanol–water partition coefficient (Wildman–Crippen LogP) is -5.43. The first-order valence-electron chi connectivity index (χ1n) is 23.6. The Morgan fingerprint density at radius 2 is 1.19 bits per heavy atom. The number of ether oxygens (including phenoxy) is 10. The summed E-state index contributed by atoms with van der Waals surface area (Å²) in [6, 6.07) is 0. The van der Waals surface area contributed by atoms with Crippen LogP contribution >= 0.6 is 0 Å². The van der Waals surface area contributed by atoms with Crippen LogP contribution in [0.5, 0.6) is 0 Å². The SMILES string of the molecule is COC1CC(C2OC3CC(O)CC(O[C@@H]4O[C@H](CO)[C@@H](O)[C@H](O)[C@H]4O)C3CC2O[C@@H]2O[C@H](CO[C@@H]3O[C@@H](C)[C@H](OC(=O)C=CC4CCC(O)C(O)C4)[C@@H](O)[C@H]3O)[C@@H](O)[C@H](O)[C@H]2O)CC(OC)C1O. The summed E-state index contributed by atoms with van der Waals surface area (Å²) in [5, 5.41) is 139. The number of allylic oxidation sites excluding steroid dienone is 1. The summed E-state index contributed by atoms with van der Waals surface area (Å²) in [7, 11) is 2.89. The Bertz CT molecular complexity index is 1610. The number of carbonyl (C=O) groups excluding carboxylic acids is 1. The van der Waals surface area contributed by atoms with Crippen molar-refractivity contribution in [1.82, 2.24) is 0 Å². The van der Waals surface area contributed by atoms with Gasteiger partial charge in [-0.1, -0.05) is 6.08 Å². The van der Waals surface area contributed by atoms with Gasteiger partial charge in [0.1, 0.15) is 67.1 Å². The Balaban J connectivity index is 1.04. The Hall–Kier alpha value is -1.67. The number of aliphatic hydroxyl groups excluding tert-OH is 13. The first-order valence-corrected chi connectivity index (χ1v) is 23.6. The summed E-state index contributed by atoms with van der Waals surface area (Å²) in [6.07, 6.45) is -27.9. The van der Waals surface area contributed by atoms with E-state index in [4.69, 9.17) is 47.4 Å². The molecule has 3 aliphatic carbocycles. The molecule has 4 aliphatic heterocycles. The standard InChI is InChI=1S/C44H72O24/c1-16-40(68-30(49)7-5-17-4-6-21(47)22(48)8-17)36(55)39(58)42(62-16)61-15-29-33(52)35(54)38(57)44(67-29)65-27-13-20-23(63-41(27)18-9-25(59-2)31(50)26(10-18)60-3)11-19(46)12-24(20)64-43-37(56)34(53)32(51)28(14-45)66-43/h5,7,16-29,31-48,50-58H,4,6,8-15H2,1-3H3/t16-,17?,18?,19?,20?,21?,22?,23?,24?,25?,26?,27?,28+,29+,31?,32+,33+,34-,35-,36-,37+,38+,39+,40-,41?,42+,43+,44+/m0/s1. The van der Waals surface area contributed by atoms with Crippen molar-refractivity contribution in [3.05, 3.63) is 12.2 Å². The van der Waals surface area contributed by atoms with Gasteiger partial charge in [0.15, 0.2) is 25.0 Å². The van der Waals surface area contributed by atoms with Crippen molar-refractivity contribution < 1.29 is 119 Å². The van der Waals surface area contributed by atoms with Crippen molar-refractivity contribution in [1.29, 1.82) is 0 Å². The third kappa shape index (κ3) is 11.9. The molecule has 7 rings (SSSR count). The number of rotatable bonds is 14. The molecule has 3 saturated carbocycles. The van der Waals surface area contributed by atoms with E-state index in [1.54, 1.807) is 6.08 Å². The third-order valence-electron chi connectivity index (χ3n) is 15.0. The van der Waals surface area contributed by atoms with Crippen LogP contribution in [-0.4, -0.2) is 253 Å². The van der Waals surface area contributed by atoms with E-state index in [2.05, 4.69) is 0 Å². The van der Waals surface area contributed by atoms with E-state index in [0.717, 1.165) is 6.08 Å². The van der Waals surface area contributed by atoms with E-state index in [0.29, 0.717) is 12.8 Å². The Morgan fingerprint density at radius 1 is 0.588 bits per heavy atom. The fraction of sp³-hybridized carbons (Fsp3) is 0.932. The van der Waals surface area contributed by atoms with Crippen molar-refractivity contribution in [2.45, 2.75) is 211 Å². The molecular weight excluding hydrogens is 912 g/mol. The lowest BCUT2D eigenvalue weighted by Crippen LogP contribution is -2.64. The fourth-order valence-corrected chi connectivity index (χ4v) is 10.9. The molecule has 0 aromatic heterocycles. The average molecular weight is 985 g/mol. The number of carbonyl (C=O) groups is 1. The summed E-state index contributed by atoms with van der Waals surface area (Å²) in [4.78, 5) is 12.7. The summed E-state index contributed by atoms with van der Waals surface area (Å²) in [5.74, 6) is -2.08. The molecule has 68 heavy (non-hydrogen) atoms. The second-order valence-corrected chi connectivity index (χ2v) is 19.5. The topological polar surface area (TPSA) is 372 Å². The minimum absolute atomic E-state index is 0.0121. The van der Waals surface area contributed by atoms with Gasteiger partial charge in [-0.25, -0.2) is 4.79 Å². The highest BCUT2D eigenvalue weighted by atomic mass is 16.7. The van der Waals surface area contributed by atoms with E-state index < -0.39 is 184 Å². The minimum atomic E-state index is -1.87. The highest BCUT2D eigenvalue weighted by molar-refractivity contribution is 5.82. The van der Waals surface area contributed by atoms with Gasteiger partial charge in [-0.2, -0.15) is 0 Å². The lowest BCUT2D eigenvalue weighted by atomic mass is 9.72. The van der Waals surface area contributed by atoms with Crippen LogP contribution in [0.2, 0.25) is 0 Å². The van der Waals surface area contributed by atoms with Crippen molar-refractivity contribution >= 4 is 5.97 Å². The lowest BCUT2D eigenvalue weighted by molar-refractivity contribution is -0.352. The number of hydrogen-bond acceptors (Lipinski definition) is 24. The zero-order chi connectivity index (χ0) is 49.3. The van der Waals surface area contributed by atoms with E-state index in [-0.39, 0.29) is 44.4 Å². The number of methoxy groups -OCH3 is 2. The largest absolute Gasteiger partial charge is 0.454 e. The molecule has 392 valence electrons. The van der Waals surface area contributed by atoms with Crippen molar-refractivity contribution in [2.75, 3.05) is 27.4 Å². The molecule has 4 saturated heterocycles. The van der Waals surface area contributed by atoms with Crippen molar-refractivity contribution in [3.63, 3.8) is 0 Å². The van der Waals surface area contributed by atoms with Crippen molar-refractivity contribution in [2.24, 2.45) is 17.8 Å². The van der Waals surface area contributed by atoms with Crippen LogP contribution in [0.1, 0.15) is 58.3 Å². The predicted molar refractivity (Wildman–Crippen MR) is 223 cm³/mol. The molecule has 0 radical (unpaired) electrons. The second-order valence-electron chi connectivity index (χ2n) is 19.5. The van der Waals surface area contributed by atoms with Gasteiger partial charge < -0.3 is 114 Å². The lowest BCUT2D eigenvalue weighted by Gasteiger charge is -2.53. The number of hydrogen-bond donors (Lipinski definition) is 13. The third-order valence-corrected chi connectivity index (χ3v) is 15.0. The highest BCUT2D eigenvalue weighted by Crippen LogP contribution is 2.45. The summed E-state index contributed by atoms with van der Waals surface area (Å²) < 4.78 is 59.4. The van der Waals surface area contributed by atoms with Gasteiger partial charge in [0.25, 0.3) is 0 Å². The first-order chi connectivity index (χ1) is 32.3. The van der Waals surface area contributed by atoms with Gasteiger partial charge in [-0.05, 0) is 63.7 Å². The van der Waals surface area contributed by atoms with Crippen LogP contribution in [0, 0.1) is 17.8 Å². The van der Waals surface area contributed by atoms with Crippen molar-refractivity contribution in [3.8, 4) is 0 Å². The quantitative estimate of drug-likeness (QED) is 0.0571. The molecule has 0 spiro atoms. The zero-order valence-electron chi connectivity index (χ0n) is 38.2. The van der Waals surface area contributed by atoms with Crippen LogP contribution in [0.3, 0.4) is 0 Å². The summed E-state index contributed by atoms with van der Waals surface area (Å²) in [5.41, 5.74) is 0. The first kappa shape index (κ1) is 54.1. The zero-order valence-corrected chi connectivity index (χ0v) is 38.2. The maximum Gasteiger partial charge on any atom is 0.330 e. The number of aliphatic hydroxyl groups is 13. The van der Waals surface area contributed by atoms with E-state index in [1.807, 2.05) is 0 Å². The molecule has 26 atom stereocenters. The maximum absolute atomic E-state index is 12.7. The molecule has 0 bridgehead atoms. The summed E-state index contributed by atoms with van der Waals surface area (Å²) >= 11 is 0. The molecule has 13 N–H and O–H groups in total. The molecule has 0 aromatic carbocycles. The number of esters is 1. The van der Waals surface area contributed by atoms with Crippen LogP contribution in [-0.2, 0) is 52.2 Å². The van der Waals surface area contributed by atoms with Gasteiger partial charge in [0, 0.05) is 32.6 Å². The second kappa shape index (κ2) is 23.5. The van der Waals surface area contributed by atoms with Crippen LogP contribution in [0.25, 0.3) is 0 Å². The monoisotopic (exact) mass is 984 g/mol. The molecule has 24 heteroatoms. The Labute approximate surface area is 392 Å². The van der Waals surface area contributed by atoms with Crippen LogP contribution in [0.4, 0.5) is 0 Å². The van der Waals surface area contributed by atoms with Gasteiger partial charge >= 0.3 is 5.97 Å². The number of fused-ring (bicyclic) bond motifs is 1. The van der Waals surface area contributed by atoms with E-state index in [1.165, 1.54) is 21.1 Å². The fourth-order valence-electron chi connectivity index (χ4n) is 10.9. The summed E-state index contributed by atoms with van der Waals surface area (Å²) in [6.45, 7) is 0.184. The molecular formula is C44H72O24. The van der Waals surface area contributed by atoms with E-state index >= 15 is 0 Å². The minimum Gasteiger partial charge on any atom is -0.454 e. The average Bonchev–Trinajstić information content (AvgIpc) is 3.32. The van der Waals surface area contributed by atoms with Gasteiger partial charge in [0.05, 0.1) is 74.3 Å². The highest BCUT2D eigenvalue weighted by Gasteiger charge is 2.55. The molecule has 7 fully saturated rings. The van der Waals surface area contributed by atoms with Gasteiger partial charge in [0.2, 0.25) is 0 Å². The Morgan fingerprint density at radius 3 is 1.81 bits per heavy atom. The molecule has 7 aliphatic rings.